The number of methoxy groups -OCH3 is 1. The largest absolute Gasteiger partial charge is 0.465 e. The molecule has 2 rings (SSSR count). The summed E-state index contributed by atoms with van der Waals surface area (Å²) in [5.41, 5.74) is 2.99. The van der Waals surface area contributed by atoms with Gasteiger partial charge in [0.25, 0.3) is 5.91 Å². The van der Waals surface area contributed by atoms with Crippen molar-refractivity contribution >= 4 is 28.9 Å². The van der Waals surface area contributed by atoms with Crippen LogP contribution in [0.4, 0.5) is 5.69 Å². The monoisotopic (exact) mass is 289 g/mol. The molecule has 0 aliphatic heterocycles. The average Bonchev–Trinajstić information content (AvgIpc) is 2.88. The Balaban J connectivity index is 2.26. The Morgan fingerprint density at radius 3 is 2.65 bits per heavy atom. The van der Waals surface area contributed by atoms with Crippen molar-refractivity contribution in [3.8, 4) is 0 Å². The minimum absolute atomic E-state index is 0.227. The molecule has 1 amide bonds. The maximum Gasteiger partial charge on any atom is 0.350 e. The third-order valence-corrected chi connectivity index (χ3v) is 3.82. The Hall–Kier alpha value is -2.14. The molecule has 0 aliphatic rings. The standard InChI is InChI=1S/C15H15NO3S/c1-9-4-5-10(2)11(8-9)14(17)16-12-6-7-20-13(12)15(18)19-3/h4-8H,1-3H3,(H,16,17). The summed E-state index contributed by atoms with van der Waals surface area (Å²) >= 11 is 1.24. The Morgan fingerprint density at radius 1 is 1.20 bits per heavy atom. The summed E-state index contributed by atoms with van der Waals surface area (Å²) in [7, 11) is 1.32. The first-order valence-corrected chi connectivity index (χ1v) is 6.95. The van der Waals surface area contributed by atoms with Gasteiger partial charge in [0, 0.05) is 5.56 Å². The van der Waals surface area contributed by atoms with Gasteiger partial charge in [0.1, 0.15) is 4.88 Å². The topological polar surface area (TPSA) is 55.4 Å². The fourth-order valence-electron chi connectivity index (χ4n) is 1.83. The van der Waals surface area contributed by atoms with Gasteiger partial charge >= 0.3 is 5.97 Å². The van der Waals surface area contributed by atoms with Crippen LogP contribution in [0.2, 0.25) is 0 Å². The van der Waals surface area contributed by atoms with Crippen LogP contribution >= 0.6 is 11.3 Å². The molecule has 5 heteroatoms. The second-order valence-electron chi connectivity index (χ2n) is 4.43. The smallest absolute Gasteiger partial charge is 0.350 e. The van der Waals surface area contributed by atoms with Crippen molar-refractivity contribution < 1.29 is 14.3 Å². The molecule has 0 spiro atoms. The SMILES string of the molecule is COC(=O)c1sccc1NC(=O)c1cc(C)ccc1C. The van der Waals surface area contributed by atoms with Crippen LogP contribution in [0, 0.1) is 13.8 Å². The van der Waals surface area contributed by atoms with E-state index in [4.69, 9.17) is 0 Å². The van der Waals surface area contributed by atoms with Gasteiger partial charge in [0.05, 0.1) is 12.8 Å². The van der Waals surface area contributed by atoms with E-state index in [-0.39, 0.29) is 5.91 Å². The minimum Gasteiger partial charge on any atom is -0.465 e. The molecular weight excluding hydrogens is 274 g/mol. The highest BCUT2D eigenvalue weighted by atomic mass is 32.1. The number of hydrogen-bond donors (Lipinski definition) is 1. The van der Waals surface area contributed by atoms with Gasteiger partial charge in [-0.25, -0.2) is 4.79 Å². The van der Waals surface area contributed by atoms with E-state index >= 15 is 0 Å². The summed E-state index contributed by atoms with van der Waals surface area (Å²) in [6.45, 7) is 3.81. The first-order valence-electron chi connectivity index (χ1n) is 6.07. The number of hydrogen-bond acceptors (Lipinski definition) is 4. The second-order valence-corrected chi connectivity index (χ2v) is 5.34. The zero-order chi connectivity index (χ0) is 14.7. The molecule has 1 aromatic heterocycles. The molecule has 1 N–H and O–H groups in total. The number of anilines is 1. The molecule has 0 aliphatic carbocycles. The summed E-state index contributed by atoms with van der Waals surface area (Å²) in [5, 5.41) is 4.50. The normalized spacial score (nSPS) is 10.2. The molecule has 1 aromatic carbocycles. The van der Waals surface area contributed by atoms with E-state index in [1.807, 2.05) is 32.0 Å². The van der Waals surface area contributed by atoms with Crippen LogP contribution in [0.15, 0.2) is 29.6 Å². The van der Waals surface area contributed by atoms with Crippen LogP contribution in [-0.4, -0.2) is 19.0 Å². The highest BCUT2D eigenvalue weighted by Gasteiger charge is 2.17. The Morgan fingerprint density at radius 2 is 1.95 bits per heavy atom. The van der Waals surface area contributed by atoms with E-state index < -0.39 is 5.97 Å². The van der Waals surface area contributed by atoms with Crippen LogP contribution in [-0.2, 0) is 4.74 Å². The lowest BCUT2D eigenvalue weighted by Gasteiger charge is -2.08. The fraction of sp³-hybridized carbons (Fsp3) is 0.200. The number of carbonyl (C=O) groups is 2. The molecular formula is C15H15NO3S. The van der Waals surface area contributed by atoms with Crippen molar-refractivity contribution in [1.82, 2.24) is 0 Å². The first-order chi connectivity index (χ1) is 9.52. The molecule has 0 unspecified atom stereocenters. The van der Waals surface area contributed by atoms with Gasteiger partial charge in [0.15, 0.2) is 0 Å². The van der Waals surface area contributed by atoms with E-state index in [1.165, 1.54) is 18.4 Å². The Kier molecular flexibility index (Phi) is 4.20. The number of rotatable bonds is 3. The molecule has 0 saturated heterocycles. The molecule has 0 saturated carbocycles. The Labute approximate surface area is 121 Å². The molecule has 0 fully saturated rings. The van der Waals surface area contributed by atoms with Crippen LogP contribution in [0.25, 0.3) is 0 Å². The molecule has 20 heavy (non-hydrogen) atoms. The maximum absolute atomic E-state index is 12.3. The molecule has 0 radical (unpaired) electrons. The summed E-state index contributed by atoms with van der Waals surface area (Å²) in [6, 6.07) is 7.38. The number of thiophene rings is 1. The predicted molar refractivity (Wildman–Crippen MR) is 79.5 cm³/mol. The average molecular weight is 289 g/mol. The lowest BCUT2D eigenvalue weighted by molar-refractivity contribution is 0.0607. The van der Waals surface area contributed by atoms with E-state index in [2.05, 4.69) is 10.1 Å². The molecule has 1 heterocycles. The van der Waals surface area contributed by atoms with Crippen LogP contribution in [0.1, 0.15) is 31.2 Å². The third kappa shape index (κ3) is 2.88. The highest BCUT2D eigenvalue weighted by molar-refractivity contribution is 7.12. The summed E-state index contributed by atoms with van der Waals surface area (Å²) in [4.78, 5) is 24.3. The first kappa shape index (κ1) is 14.3. The summed E-state index contributed by atoms with van der Waals surface area (Å²) in [5.74, 6) is -0.675. The summed E-state index contributed by atoms with van der Waals surface area (Å²) in [6.07, 6.45) is 0. The number of esters is 1. The van der Waals surface area contributed by atoms with E-state index in [0.29, 0.717) is 16.1 Å². The number of benzene rings is 1. The molecule has 4 nitrogen and oxygen atoms in total. The van der Waals surface area contributed by atoms with Crippen LogP contribution in [0.3, 0.4) is 0 Å². The van der Waals surface area contributed by atoms with Gasteiger partial charge in [-0.15, -0.1) is 11.3 Å². The van der Waals surface area contributed by atoms with Gasteiger partial charge < -0.3 is 10.1 Å². The second kappa shape index (κ2) is 5.88. The lowest BCUT2D eigenvalue weighted by atomic mass is 10.1. The highest BCUT2D eigenvalue weighted by Crippen LogP contribution is 2.24. The van der Waals surface area contributed by atoms with Crippen molar-refractivity contribution in [2.75, 3.05) is 12.4 Å². The number of amides is 1. The van der Waals surface area contributed by atoms with Gasteiger partial charge in [-0.2, -0.15) is 0 Å². The predicted octanol–water partition coefficient (Wildman–Crippen LogP) is 3.40. The molecule has 0 bridgehead atoms. The lowest BCUT2D eigenvalue weighted by Crippen LogP contribution is -2.15. The zero-order valence-electron chi connectivity index (χ0n) is 11.5. The van der Waals surface area contributed by atoms with Crippen molar-refractivity contribution in [3.63, 3.8) is 0 Å². The zero-order valence-corrected chi connectivity index (χ0v) is 12.3. The number of carbonyl (C=O) groups excluding carboxylic acids is 2. The molecule has 2 aromatic rings. The van der Waals surface area contributed by atoms with E-state index in [1.54, 1.807) is 11.4 Å². The van der Waals surface area contributed by atoms with Gasteiger partial charge in [0.2, 0.25) is 0 Å². The van der Waals surface area contributed by atoms with Crippen molar-refractivity contribution in [2.45, 2.75) is 13.8 Å². The molecule has 0 atom stereocenters. The van der Waals surface area contributed by atoms with E-state index in [9.17, 15) is 9.59 Å². The van der Waals surface area contributed by atoms with Crippen LogP contribution in [0.5, 0.6) is 0 Å². The van der Waals surface area contributed by atoms with Crippen molar-refractivity contribution in [1.29, 1.82) is 0 Å². The fourth-order valence-corrected chi connectivity index (χ4v) is 2.59. The minimum atomic E-state index is -0.448. The Bertz CT molecular complexity index is 661. The van der Waals surface area contributed by atoms with Crippen LogP contribution < -0.4 is 5.32 Å². The number of nitrogens with one attached hydrogen (secondary N) is 1. The summed E-state index contributed by atoms with van der Waals surface area (Å²) < 4.78 is 4.69. The maximum atomic E-state index is 12.3. The number of ether oxygens (including phenoxy) is 1. The quantitative estimate of drug-likeness (QED) is 0.881. The van der Waals surface area contributed by atoms with Crippen molar-refractivity contribution in [3.05, 3.63) is 51.2 Å². The number of aryl methyl sites for hydroxylation is 2. The molecule has 104 valence electrons. The van der Waals surface area contributed by atoms with Gasteiger partial charge in [-0.3, -0.25) is 4.79 Å². The van der Waals surface area contributed by atoms with E-state index in [0.717, 1.165) is 11.1 Å². The van der Waals surface area contributed by atoms with Crippen molar-refractivity contribution in [2.24, 2.45) is 0 Å². The third-order valence-electron chi connectivity index (χ3n) is 2.92. The van der Waals surface area contributed by atoms with Gasteiger partial charge in [-0.1, -0.05) is 17.7 Å². The van der Waals surface area contributed by atoms with Gasteiger partial charge in [-0.05, 0) is 36.9 Å².